The summed E-state index contributed by atoms with van der Waals surface area (Å²) < 4.78 is 11.9. The fourth-order valence-electron chi connectivity index (χ4n) is 2.76. The summed E-state index contributed by atoms with van der Waals surface area (Å²) in [5.74, 6) is 1.35. The number of H-pyrrole nitrogens is 1. The van der Waals surface area contributed by atoms with Gasteiger partial charge in [0.1, 0.15) is 11.4 Å². The van der Waals surface area contributed by atoms with Gasteiger partial charge in [-0.15, -0.1) is 11.3 Å². The van der Waals surface area contributed by atoms with Gasteiger partial charge in [0.05, 0.1) is 14.2 Å². The van der Waals surface area contributed by atoms with Crippen LogP contribution in [0.1, 0.15) is 0 Å². The Morgan fingerprint density at radius 2 is 1.71 bits per heavy atom. The van der Waals surface area contributed by atoms with Crippen LogP contribution in [-0.4, -0.2) is 29.6 Å². The third-order valence-corrected chi connectivity index (χ3v) is 4.90. The minimum atomic E-state index is 0.666. The van der Waals surface area contributed by atoms with E-state index in [0.29, 0.717) is 11.5 Å². The van der Waals surface area contributed by atoms with Crippen molar-refractivity contribution in [3.63, 3.8) is 0 Å². The van der Waals surface area contributed by atoms with Crippen molar-refractivity contribution in [2.75, 3.05) is 14.2 Å². The summed E-state index contributed by atoms with van der Waals surface area (Å²) in [6.07, 6.45) is 0. The highest BCUT2D eigenvalue weighted by Crippen LogP contribution is 2.39. The van der Waals surface area contributed by atoms with E-state index in [1.54, 1.807) is 25.6 Å². The van der Waals surface area contributed by atoms with Gasteiger partial charge in [0.2, 0.25) is 0 Å². The van der Waals surface area contributed by atoms with Crippen LogP contribution in [0.4, 0.5) is 0 Å². The topological polar surface area (TPSA) is 60.0 Å². The monoisotopic (exact) mass is 337 g/mol. The van der Waals surface area contributed by atoms with Crippen LogP contribution in [0.2, 0.25) is 0 Å². The molecule has 6 heteroatoms. The van der Waals surface area contributed by atoms with E-state index in [4.69, 9.17) is 9.47 Å². The number of nitrogens with zero attached hydrogens (tertiary/aromatic N) is 2. The van der Waals surface area contributed by atoms with Gasteiger partial charge in [-0.2, -0.15) is 15.4 Å². The molecule has 0 atom stereocenters. The van der Waals surface area contributed by atoms with Crippen LogP contribution >= 0.6 is 11.3 Å². The molecular weight excluding hydrogens is 322 g/mol. The number of hydrogen-bond donors (Lipinski definition) is 1. The number of benzene rings is 2. The van der Waals surface area contributed by atoms with Crippen molar-refractivity contribution in [2.24, 2.45) is 0 Å². The molecule has 0 saturated carbocycles. The second-order valence-corrected chi connectivity index (χ2v) is 6.15. The predicted octanol–water partition coefficient (Wildman–Crippen LogP) is 4.37. The molecule has 2 heterocycles. The number of methoxy groups -OCH3 is 2. The first-order chi connectivity index (χ1) is 11.8. The van der Waals surface area contributed by atoms with Gasteiger partial charge in [-0.3, -0.25) is 0 Å². The minimum absolute atomic E-state index is 0.666. The number of hydrogen-bond acceptors (Lipinski definition) is 5. The van der Waals surface area contributed by atoms with Gasteiger partial charge in [-0.05, 0) is 24.3 Å². The molecule has 0 unspecified atom stereocenters. The Bertz CT molecular complexity index is 1010. The van der Waals surface area contributed by atoms with Gasteiger partial charge >= 0.3 is 0 Å². The van der Waals surface area contributed by atoms with E-state index in [0.717, 1.165) is 22.5 Å². The Kier molecular flexibility index (Phi) is 3.66. The lowest BCUT2D eigenvalue weighted by Gasteiger charge is -2.09. The molecule has 0 bridgehead atoms. The number of fused-ring (bicyclic) bond motifs is 1. The normalized spacial score (nSPS) is 10.9. The summed E-state index contributed by atoms with van der Waals surface area (Å²) in [7, 11) is 3.24. The molecule has 2 aromatic carbocycles. The number of ether oxygens (including phenoxy) is 2. The molecule has 1 N–H and O–H groups in total. The van der Waals surface area contributed by atoms with Crippen molar-refractivity contribution < 1.29 is 9.47 Å². The maximum absolute atomic E-state index is 5.39. The molecule has 0 saturated heterocycles. The van der Waals surface area contributed by atoms with E-state index in [9.17, 15) is 0 Å². The summed E-state index contributed by atoms with van der Waals surface area (Å²) in [4.78, 5) is 0. The lowest BCUT2D eigenvalue weighted by atomic mass is 10.0. The molecule has 0 amide bonds. The first kappa shape index (κ1) is 14.7. The lowest BCUT2D eigenvalue weighted by Crippen LogP contribution is -1.91. The van der Waals surface area contributed by atoms with Crippen LogP contribution in [0.15, 0.2) is 47.8 Å². The Balaban J connectivity index is 1.86. The third kappa shape index (κ3) is 2.32. The molecule has 0 fully saturated rings. The van der Waals surface area contributed by atoms with Crippen LogP contribution in [0.25, 0.3) is 32.6 Å². The summed E-state index contributed by atoms with van der Waals surface area (Å²) in [5.41, 5.74) is 3.62. The number of nitrogens with one attached hydrogen (secondary N) is 1. The molecular formula is C18H15N3O2S. The van der Waals surface area contributed by atoms with E-state index in [1.807, 2.05) is 30.3 Å². The predicted molar refractivity (Wildman–Crippen MR) is 95.7 cm³/mol. The van der Waals surface area contributed by atoms with Gasteiger partial charge in [0.15, 0.2) is 11.5 Å². The van der Waals surface area contributed by atoms with Gasteiger partial charge < -0.3 is 9.47 Å². The molecule has 24 heavy (non-hydrogen) atoms. The van der Waals surface area contributed by atoms with Crippen LogP contribution in [-0.2, 0) is 0 Å². The maximum atomic E-state index is 5.39. The smallest absolute Gasteiger partial charge is 0.161 e. The maximum Gasteiger partial charge on any atom is 0.161 e. The van der Waals surface area contributed by atoms with Crippen LogP contribution in [0.5, 0.6) is 11.5 Å². The summed E-state index contributed by atoms with van der Waals surface area (Å²) >= 11 is 1.70. The van der Waals surface area contributed by atoms with E-state index >= 15 is 0 Å². The van der Waals surface area contributed by atoms with Crippen LogP contribution in [0.3, 0.4) is 0 Å². The zero-order valence-electron chi connectivity index (χ0n) is 13.2. The Morgan fingerprint density at radius 1 is 0.917 bits per heavy atom. The number of aromatic nitrogens is 3. The van der Waals surface area contributed by atoms with Crippen molar-refractivity contribution in [3.05, 3.63) is 47.8 Å². The van der Waals surface area contributed by atoms with Crippen LogP contribution in [0, 0.1) is 0 Å². The molecule has 0 radical (unpaired) electrons. The van der Waals surface area contributed by atoms with E-state index in [-0.39, 0.29) is 0 Å². The molecule has 4 aromatic rings. The van der Waals surface area contributed by atoms with E-state index < -0.39 is 0 Å². The standard InChI is InChI=1S/C18H15N3O2S/c1-22-14-8-7-11(9-15(14)23-2)17-18(20-21-19-17)13-10-24-16-6-4-3-5-12(13)16/h3-10H,1-2H3,(H,19,20,21). The Hall–Kier alpha value is -2.86. The van der Waals surface area contributed by atoms with E-state index in [1.165, 1.54) is 10.1 Å². The Morgan fingerprint density at radius 3 is 2.54 bits per heavy atom. The SMILES string of the molecule is COc1ccc(-c2n[nH]nc2-c2csc3ccccc23)cc1OC. The van der Waals surface area contributed by atoms with Gasteiger partial charge in [0.25, 0.3) is 0 Å². The average molecular weight is 337 g/mol. The van der Waals surface area contributed by atoms with Gasteiger partial charge in [0, 0.05) is 26.6 Å². The molecule has 0 aliphatic rings. The second-order valence-electron chi connectivity index (χ2n) is 5.24. The number of rotatable bonds is 4. The third-order valence-electron chi connectivity index (χ3n) is 3.94. The largest absolute Gasteiger partial charge is 0.493 e. The van der Waals surface area contributed by atoms with Crippen molar-refractivity contribution in [3.8, 4) is 34.0 Å². The molecule has 0 aliphatic carbocycles. The highest BCUT2D eigenvalue weighted by atomic mass is 32.1. The molecule has 0 spiro atoms. The van der Waals surface area contributed by atoms with Gasteiger partial charge in [-0.1, -0.05) is 18.2 Å². The lowest BCUT2D eigenvalue weighted by molar-refractivity contribution is 0.355. The van der Waals surface area contributed by atoms with Crippen molar-refractivity contribution >= 4 is 21.4 Å². The fraction of sp³-hybridized carbons (Fsp3) is 0.111. The molecule has 2 aromatic heterocycles. The first-order valence-corrected chi connectivity index (χ1v) is 8.29. The number of thiophene rings is 1. The second kappa shape index (κ2) is 5.98. The van der Waals surface area contributed by atoms with Crippen LogP contribution < -0.4 is 9.47 Å². The van der Waals surface area contributed by atoms with Crippen molar-refractivity contribution in [1.82, 2.24) is 15.4 Å². The minimum Gasteiger partial charge on any atom is -0.493 e. The number of aromatic amines is 1. The highest BCUT2D eigenvalue weighted by molar-refractivity contribution is 7.17. The Labute approximate surface area is 142 Å². The molecule has 120 valence electrons. The molecule has 5 nitrogen and oxygen atoms in total. The van der Waals surface area contributed by atoms with Gasteiger partial charge in [-0.25, -0.2) is 0 Å². The average Bonchev–Trinajstić information content (AvgIpc) is 3.27. The quantitative estimate of drug-likeness (QED) is 0.601. The summed E-state index contributed by atoms with van der Waals surface area (Å²) in [6, 6.07) is 14.0. The fourth-order valence-corrected chi connectivity index (χ4v) is 3.71. The zero-order valence-corrected chi connectivity index (χ0v) is 14.1. The highest BCUT2D eigenvalue weighted by Gasteiger charge is 2.17. The summed E-state index contributed by atoms with van der Waals surface area (Å²) in [5, 5.41) is 14.8. The first-order valence-electron chi connectivity index (χ1n) is 7.41. The zero-order chi connectivity index (χ0) is 16.5. The molecule has 4 rings (SSSR count). The van der Waals surface area contributed by atoms with Crippen molar-refractivity contribution in [1.29, 1.82) is 0 Å². The van der Waals surface area contributed by atoms with Crippen molar-refractivity contribution in [2.45, 2.75) is 0 Å². The van der Waals surface area contributed by atoms with E-state index in [2.05, 4.69) is 32.9 Å². The summed E-state index contributed by atoms with van der Waals surface area (Å²) in [6.45, 7) is 0. The molecule has 0 aliphatic heterocycles.